The van der Waals surface area contributed by atoms with Gasteiger partial charge >= 0.3 is 5.97 Å². The van der Waals surface area contributed by atoms with Gasteiger partial charge in [0.2, 0.25) is 0 Å². The Bertz CT molecular complexity index is 586. The fourth-order valence-electron chi connectivity index (χ4n) is 1.69. The van der Waals surface area contributed by atoms with Gasteiger partial charge < -0.3 is 10.5 Å². The first kappa shape index (κ1) is 13.5. The number of carbonyl (C=O) groups is 1. The van der Waals surface area contributed by atoms with Gasteiger partial charge in [-0.25, -0.2) is 4.68 Å². The van der Waals surface area contributed by atoms with Gasteiger partial charge in [-0.05, 0) is 32.9 Å². The summed E-state index contributed by atoms with van der Waals surface area (Å²) in [7, 11) is 0. The minimum absolute atomic E-state index is 0.245. The van der Waals surface area contributed by atoms with Gasteiger partial charge in [0.15, 0.2) is 0 Å². The van der Waals surface area contributed by atoms with E-state index < -0.39 is 17.6 Å². The molecule has 0 aliphatic carbocycles. The second-order valence-corrected chi connectivity index (χ2v) is 5.40. The Morgan fingerprint density at radius 2 is 2.11 bits per heavy atom. The number of para-hydroxylation sites is 1. The van der Waals surface area contributed by atoms with Crippen LogP contribution in [0, 0.1) is 0 Å². The minimum Gasteiger partial charge on any atom is -0.459 e. The second kappa shape index (κ2) is 4.97. The molecule has 0 saturated carbocycles. The van der Waals surface area contributed by atoms with Gasteiger partial charge in [0.05, 0.1) is 12.1 Å². The molecule has 0 saturated heterocycles. The third-order valence-electron chi connectivity index (χ3n) is 2.50. The van der Waals surface area contributed by atoms with Crippen LogP contribution in [0.1, 0.15) is 20.8 Å². The van der Waals surface area contributed by atoms with Crippen LogP contribution in [0.15, 0.2) is 24.3 Å². The molecule has 0 fully saturated rings. The lowest BCUT2D eigenvalue weighted by molar-refractivity contribution is -0.156. The van der Waals surface area contributed by atoms with Crippen LogP contribution in [0.5, 0.6) is 0 Å². The molecule has 0 bridgehead atoms. The number of aromatic nitrogens is 3. The van der Waals surface area contributed by atoms with Crippen molar-refractivity contribution in [3.8, 4) is 0 Å². The summed E-state index contributed by atoms with van der Waals surface area (Å²) in [6, 6.07) is 6.76. The fourth-order valence-corrected chi connectivity index (χ4v) is 1.69. The van der Waals surface area contributed by atoms with Gasteiger partial charge in [-0.3, -0.25) is 4.79 Å². The van der Waals surface area contributed by atoms with Crippen molar-refractivity contribution in [2.24, 2.45) is 5.73 Å². The molecule has 0 aliphatic heterocycles. The quantitative estimate of drug-likeness (QED) is 0.837. The summed E-state index contributed by atoms with van der Waals surface area (Å²) in [4.78, 5) is 11.8. The lowest BCUT2D eigenvalue weighted by Gasteiger charge is -2.22. The van der Waals surface area contributed by atoms with E-state index in [0.717, 1.165) is 11.0 Å². The van der Waals surface area contributed by atoms with Crippen LogP contribution in [0.2, 0.25) is 0 Å². The van der Waals surface area contributed by atoms with Gasteiger partial charge in [-0.2, -0.15) is 0 Å². The van der Waals surface area contributed by atoms with Crippen LogP contribution in [0.25, 0.3) is 11.0 Å². The van der Waals surface area contributed by atoms with E-state index in [9.17, 15) is 4.79 Å². The van der Waals surface area contributed by atoms with Crippen molar-refractivity contribution in [2.45, 2.75) is 39.0 Å². The van der Waals surface area contributed by atoms with Gasteiger partial charge in [0.25, 0.3) is 0 Å². The lowest BCUT2D eigenvalue weighted by Crippen LogP contribution is -2.40. The third-order valence-corrected chi connectivity index (χ3v) is 2.50. The summed E-state index contributed by atoms with van der Waals surface area (Å²) in [5.41, 5.74) is 6.93. The molecule has 2 N–H and O–H groups in total. The Hall–Kier alpha value is -1.95. The van der Waals surface area contributed by atoms with Gasteiger partial charge in [-0.15, -0.1) is 5.10 Å². The van der Waals surface area contributed by atoms with Gasteiger partial charge in [0.1, 0.15) is 17.2 Å². The fraction of sp³-hybridized carbons (Fsp3) is 0.462. The molecular weight excluding hydrogens is 244 g/mol. The Morgan fingerprint density at radius 3 is 2.79 bits per heavy atom. The summed E-state index contributed by atoms with van der Waals surface area (Å²) in [6.45, 7) is 5.67. The molecule has 0 spiro atoms. The molecule has 1 atom stereocenters. The normalized spacial score (nSPS) is 13.5. The molecule has 1 heterocycles. The van der Waals surface area contributed by atoms with Crippen molar-refractivity contribution in [3.05, 3.63) is 24.3 Å². The number of nitrogens with zero attached hydrogens (tertiary/aromatic N) is 3. The third kappa shape index (κ3) is 3.29. The molecule has 2 rings (SSSR count). The van der Waals surface area contributed by atoms with E-state index in [4.69, 9.17) is 10.5 Å². The van der Waals surface area contributed by atoms with E-state index >= 15 is 0 Å². The van der Waals surface area contributed by atoms with E-state index in [0.29, 0.717) is 0 Å². The summed E-state index contributed by atoms with van der Waals surface area (Å²) < 4.78 is 6.85. The van der Waals surface area contributed by atoms with E-state index in [1.807, 2.05) is 45.0 Å². The van der Waals surface area contributed by atoms with Crippen LogP contribution < -0.4 is 5.73 Å². The Morgan fingerprint density at radius 1 is 1.42 bits per heavy atom. The number of benzene rings is 1. The van der Waals surface area contributed by atoms with Crippen LogP contribution in [-0.4, -0.2) is 32.6 Å². The SMILES string of the molecule is CC(C)(C)OC(=O)[C@@H](N)Cn1nnc2ccccc21. The predicted molar refractivity (Wildman–Crippen MR) is 71.3 cm³/mol. The molecule has 6 nitrogen and oxygen atoms in total. The first-order valence-electron chi connectivity index (χ1n) is 6.13. The Balaban J connectivity index is 2.10. The maximum Gasteiger partial charge on any atom is 0.325 e. The highest BCUT2D eigenvalue weighted by Gasteiger charge is 2.23. The number of ether oxygens (including phenoxy) is 1. The average molecular weight is 262 g/mol. The smallest absolute Gasteiger partial charge is 0.325 e. The van der Waals surface area contributed by atoms with Crippen molar-refractivity contribution >= 4 is 17.0 Å². The van der Waals surface area contributed by atoms with Crippen LogP contribution in [0.4, 0.5) is 0 Å². The van der Waals surface area contributed by atoms with Crippen LogP contribution >= 0.6 is 0 Å². The largest absolute Gasteiger partial charge is 0.459 e. The van der Waals surface area contributed by atoms with Gasteiger partial charge in [0, 0.05) is 0 Å². The number of rotatable bonds is 3. The highest BCUT2D eigenvalue weighted by Crippen LogP contribution is 2.12. The van der Waals surface area contributed by atoms with Crippen molar-refractivity contribution in [1.82, 2.24) is 15.0 Å². The van der Waals surface area contributed by atoms with Gasteiger partial charge in [-0.1, -0.05) is 17.3 Å². The van der Waals surface area contributed by atoms with Crippen molar-refractivity contribution in [1.29, 1.82) is 0 Å². The molecule has 2 aromatic rings. The highest BCUT2D eigenvalue weighted by molar-refractivity contribution is 5.77. The minimum atomic E-state index is -0.760. The van der Waals surface area contributed by atoms with Crippen molar-refractivity contribution in [3.63, 3.8) is 0 Å². The molecule has 0 aliphatic rings. The van der Waals surface area contributed by atoms with E-state index in [1.54, 1.807) is 4.68 Å². The number of carbonyl (C=O) groups excluding carboxylic acids is 1. The van der Waals surface area contributed by atoms with Crippen molar-refractivity contribution < 1.29 is 9.53 Å². The number of hydrogen-bond donors (Lipinski definition) is 1. The first-order valence-corrected chi connectivity index (χ1v) is 6.13. The molecule has 102 valence electrons. The average Bonchev–Trinajstić information content (AvgIpc) is 2.70. The molecule has 0 radical (unpaired) electrons. The molecule has 1 aromatic heterocycles. The summed E-state index contributed by atoms with van der Waals surface area (Å²) in [6.07, 6.45) is 0. The molecule has 0 unspecified atom stereocenters. The molecule has 0 amide bonds. The zero-order valence-electron chi connectivity index (χ0n) is 11.3. The standard InChI is InChI=1S/C13H18N4O2/c1-13(2,3)19-12(18)9(14)8-17-11-7-5-4-6-10(11)15-16-17/h4-7,9H,8,14H2,1-3H3/t9-/m0/s1. The van der Waals surface area contributed by atoms with E-state index in [2.05, 4.69) is 10.3 Å². The zero-order valence-corrected chi connectivity index (χ0v) is 11.3. The van der Waals surface area contributed by atoms with Crippen LogP contribution in [0.3, 0.4) is 0 Å². The van der Waals surface area contributed by atoms with E-state index in [1.165, 1.54) is 0 Å². The van der Waals surface area contributed by atoms with Crippen molar-refractivity contribution in [2.75, 3.05) is 0 Å². The zero-order chi connectivity index (χ0) is 14.0. The number of hydrogen-bond acceptors (Lipinski definition) is 5. The monoisotopic (exact) mass is 262 g/mol. The molecular formula is C13H18N4O2. The summed E-state index contributed by atoms with van der Waals surface area (Å²) in [5, 5.41) is 8.00. The number of esters is 1. The summed E-state index contributed by atoms with van der Waals surface area (Å²) >= 11 is 0. The first-order chi connectivity index (χ1) is 8.87. The Labute approximate surface area is 111 Å². The lowest BCUT2D eigenvalue weighted by atomic mass is 10.2. The topological polar surface area (TPSA) is 83.0 Å². The molecule has 6 heteroatoms. The summed E-state index contributed by atoms with van der Waals surface area (Å²) in [5.74, 6) is -0.438. The molecule has 1 aromatic carbocycles. The number of nitrogens with two attached hydrogens (primary N) is 1. The number of fused-ring (bicyclic) bond motifs is 1. The van der Waals surface area contributed by atoms with E-state index in [-0.39, 0.29) is 6.54 Å². The van der Waals surface area contributed by atoms with Crippen LogP contribution in [-0.2, 0) is 16.1 Å². The Kier molecular flexibility index (Phi) is 3.53. The second-order valence-electron chi connectivity index (χ2n) is 5.40. The maximum atomic E-state index is 11.8. The maximum absolute atomic E-state index is 11.8. The molecule has 19 heavy (non-hydrogen) atoms. The predicted octanol–water partition coefficient (Wildman–Crippen LogP) is 1.10. The highest BCUT2D eigenvalue weighted by atomic mass is 16.6.